The minimum absolute atomic E-state index is 0.0699. The van der Waals surface area contributed by atoms with E-state index in [1.54, 1.807) is 13.8 Å². The predicted molar refractivity (Wildman–Crippen MR) is 84.5 cm³/mol. The highest BCUT2D eigenvalue weighted by atomic mass is 16.5. The van der Waals surface area contributed by atoms with Gasteiger partial charge in [-0.05, 0) is 25.8 Å². The van der Waals surface area contributed by atoms with Crippen molar-refractivity contribution in [2.24, 2.45) is 5.92 Å². The maximum absolute atomic E-state index is 12.2. The van der Waals surface area contributed by atoms with Gasteiger partial charge in [-0.1, -0.05) is 30.3 Å². The number of hydrogen-bond acceptors (Lipinski definition) is 5. The van der Waals surface area contributed by atoms with Crippen LogP contribution in [0.2, 0.25) is 0 Å². The van der Waals surface area contributed by atoms with Crippen LogP contribution in [0, 0.1) is 5.92 Å². The van der Waals surface area contributed by atoms with E-state index >= 15 is 0 Å². The van der Waals surface area contributed by atoms with Crippen molar-refractivity contribution in [2.75, 3.05) is 19.8 Å². The average molecular weight is 321 g/mol. The van der Waals surface area contributed by atoms with Crippen molar-refractivity contribution >= 4 is 17.8 Å². The molecule has 0 radical (unpaired) electrons. The highest BCUT2D eigenvalue weighted by molar-refractivity contribution is 5.98. The molecule has 0 heterocycles. The molecular weight excluding hydrogens is 298 g/mol. The summed E-state index contributed by atoms with van der Waals surface area (Å²) in [4.78, 5) is 35.5. The summed E-state index contributed by atoms with van der Waals surface area (Å²) in [5, 5.41) is 2.59. The number of esters is 2. The van der Waals surface area contributed by atoms with Crippen molar-refractivity contribution in [1.29, 1.82) is 0 Å². The third-order valence-electron chi connectivity index (χ3n) is 3.10. The number of amides is 1. The van der Waals surface area contributed by atoms with E-state index in [1.165, 1.54) is 0 Å². The van der Waals surface area contributed by atoms with E-state index in [2.05, 4.69) is 5.32 Å². The van der Waals surface area contributed by atoms with Crippen molar-refractivity contribution in [3.63, 3.8) is 0 Å². The molecule has 1 aromatic rings. The molecule has 0 aromatic heterocycles. The molecule has 0 bridgehead atoms. The van der Waals surface area contributed by atoms with Crippen LogP contribution in [0.15, 0.2) is 30.3 Å². The second-order valence-electron chi connectivity index (χ2n) is 4.84. The number of nitrogens with one attached hydrogen (secondary N) is 1. The Morgan fingerprint density at radius 3 is 2.30 bits per heavy atom. The van der Waals surface area contributed by atoms with E-state index in [-0.39, 0.29) is 32.0 Å². The summed E-state index contributed by atoms with van der Waals surface area (Å²) in [7, 11) is 0. The van der Waals surface area contributed by atoms with Crippen LogP contribution in [0.5, 0.6) is 0 Å². The van der Waals surface area contributed by atoms with Crippen molar-refractivity contribution in [3.8, 4) is 0 Å². The van der Waals surface area contributed by atoms with Crippen molar-refractivity contribution < 1.29 is 23.9 Å². The summed E-state index contributed by atoms with van der Waals surface area (Å²) in [6, 6.07) is 9.24. The fraction of sp³-hybridized carbons (Fsp3) is 0.471. The Morgan fingerprint density at radius 1 is 1.04 bits per heavy atom. The van der Waals surface area contributed by atoms with Gasteiger partial charge in [0.15, 0.2) is 0 Å². The first-order valence-electron chi connectivity index (χ1n) is 7.72. The molecule has 0 aliphatic rings. The number of carbonyl (C=O) groups is 3. The lowest BCUT2D eigenvalue weighted by atomic mass is 9.98. The van der Waals surface area contributed by atoms with E-state index in [4.69, 9.17) is 9.47 Å². The van der Waals surface area contributed by atoms with E-state index in [0.29, 0.717) is 6.61 Å². The number of benzene rings is 1. The zero-order chi connectivity index (χ0) is 17.1. The monoisotopic (exact) mass is 321 g/mol. The number of carbonyl (C=O) groups excluding carboxylic acids is 3. The maximum atomic E-state index is 12.2. The normalized spacial score (nSPS) is 11.4. The molecule has 0 aliphatic carbocycles. The minimum atomic E-state index is -0.931. The quantitative estimate of drug-likeness (QED) is 0.550. The number of ether oxygens (including phenoxy) is 2. The van der Waals surface area contributed by atoms with Crippen molar-refractivity contribution in [2.45, 2.75) is 26.7 Å². The Labute approximate surface area is 136 Å². The van der Waals surface area contributed by atoms with Crippen LogP contribution in [0.1, 0.15) is 25.8 Å². The van der Waals surface area contributed by atoms with Gasteiger partial charge in [-0.15, -0.1) is 0 Å². The largest absolute Gasteiger partial charge is 0.466 e. The van der Waals surface area contributed by atoms with Crippen LogP contribution in [0.3, 0.4) is 0 Å². The van der Waals surface area contributed by atoms with Crippen LogP contribution in [-0.2, 0) is 30.3 Å². The van der Waals surface area contributed by atoms with Gasteiger partial charge in [-0.2, -0.15) is 0 Å². The Balaban J connectivity index is 2.62. The van der Waals surface area contributed by atoms with Crippen molar-refractivity contribution in [3.05, 3.63) is 35.9 Å². The van der Waals surface area contributed by atoms with Crippen LogP contribution in [0.25, 0.3) is 0 Å². The minimum Gasteiger partial charge on any atom is -0.466 e. The topological polar surface area (TPSA) is 81.7 Å². The smallest absolute Gasteiger partial charge is 0.318 e. The van der Waals surface area contributed by atoms with Gasteiger partial charge >= 0.3 is 11.9 Å². The predicted octanol–water partition coefficient (Wildman–Crippen LogP) is 1.48. The first-order chi connectivity index (χ1) is 11.1. The zero-order valence-electron chi connectivity index (χ0n) is 13.5. The Kier molecular flexibility index (Phi) is 8.42. The molecule has 126 valence electrons. The van der Waals surface area contributed by atoms with Gasteiger partial charge < -0.3 is 14.8 Å². The van der Waals surface area contributed by atoms with Gasteiger partial charge in [0.05, 0.1) is 19.6 Å². The van der Waals surface area contributed by atoms with Gasteiger partial charge in [0.25, 0.3) is 0 Å². The molecule has 0 saturated carbocycles. The molecule has 6 heteroatoms. The summed E-state index contributed by atoms with van der Waals surface area (Å²) < 4.78 is 9.76. The molecule has 1 amide bonds. The molecule has 6 nitrogen and oxygen atoms in total. The second kappa shape index (κ2) is 10.4. The molecule has 1 aromatic carbocycles. The van der Waals surface area contributed by atoms with Gasteiger partial charge in [-0.25, -0.2) is 0 Å². The van der Waals surface area contributed by atoms with Gasteiger partial charge in [-0.3, -0.25) is 14.4 Å². The van der Waals surface area contributed by atoms with E-state index in [0.717, 1.165) is 5.56 Å². The lowest BCUT2D eigenvalue weighted by Gasteiger charge is -2.15. The van der Waals surface area contributed by atoms with Gasteiger partial charge in [0.2, 0.25) is 5.91 Å². The highest BCUT2D eigenvalue weighted by Gasteiger charge is 2.28. The molecule has 0 saturated heterocycles. The standard InChI is InChI=1S/C17H23NO5/c1-3-22-15(19)10-11-18-16(20)14(17(21)23-4-2)12-13-8-6-5-7-9-13/h5-9,14H,3-4,10-12H2,1-2H3,(H,18,20). The van der Waals surface area contributed by atoms with Crippen LogP contribution < -0.4 is 5.32 Å². The molecular formula is C17H23NO5. The lowest BCUT2D eigenvalue weighted by Crippen LogP contribution is -2.38. The van der Waals surface area contributed by atoms with E-state index in [1.807, 2.05) is 30.3 Å². The number of hydrogen-bond donors (Lipinski definition) is 1. The molecule has 0 fully saturated rings. The Hall–Kier alpha value is -2.37. The molecule has 1 N–H and O–H groups in total. The SMILES string of the molecule is CCOC(=O)CCNC(=O)C(Cc1ccccc1)C(=O)OCC. The first-order valence-corrected chi connectivity index (χ1v) is 7.72. The zero-order valence-corrected chi connectivity index (χ0v) is 13.5. The Morgan fingerprint density at radius 2 is 1.70 bits per heavy atom. The maximum Gasteiger partial charge on any atom is 0.318 e. The third-order valence-corrected chi connectivity index (χ3v) is 3.10. The van der Waals surface area contributed by atoms with Crippen molar-refractivity contribution in [1.82, 2.24) is 5.32 Å². The molecule has 0 spiro atoms. The van der Waals surface area contributed by atoms with Gasteiger partial charge in [0.1, 0.15) is 5.92 Å². The molecule has 0 aliphatic heterocycles. The molecule has 1 atom stereocenters. The van der Waals surface area contributed by atoms with Gasteiger partial charge in [0, 0.05) is 6.54 Å². The van der Waals surface area contributed by atoms with Crippen LogP contribution >= 0.6 is 0 Å². The van der Waals surface area contributed by atoms with E-state index in [9.17, 15) is 14.4 Å². The summed E-state index contributed by atoms with van der Waals surface area (Å²) in [5.74, 6) is -2.33. The second-order valence-corrected chi connectivity index (χ2v) is 4.84. The number of rotatable bonds is 9. The summed E-state index contributed by atoms with van der Waals surface area (Å²) >= 11 is 0. The average Bonchev–Trinajstić information content (AvgIpc) is 2.54. The van der Waals surface area contributed by atoms with E-state index < -0.39 is 17.8 Å². The molecule has 1 rings (SSSR count). The summed E-state index contributed by atoms with van der Waals surface area (Å²) in [6.07, 6.45) is 0.325. The molecule has 1 unspecified atom stereocenters. The summed E-state index contributed by atoms with van der Waals surface area (Å²) in [5.41, 5.74) is 0.867. The van der Waals surface area contributed by atoms with Crippen LogP contribution in [0.4, 0.5) is 0 Å². The highest BCUT2D eigenvalue weighted by Crippen LogP contribution is 2.11. The summed E-state index contributed by atoms with van der Waals surface area (Å²) in [6.45, 7) is 4.04. The van der Waals surface area contributed by atoms with Crippen LogP contribution in [-0.4, -0.2) is 37.6 Å². The first kappa shape index (κ1) is 18.7. The Bertz CT molecular complexity index is 515. The lowest BCUT2D eigenvalue weighted by molar-refractivity contribution is -0.152. The molecule has 23 heavy (non-hydrogen) atoms. The fourth-order valence-electron chi connectivity index (χ4n) is 2.02. The fourth-order valence-corrected chi connectivity index (χ4v) is 2.02. The third kappa shape index (κ3) is 6.95.